The van der Waals surface area contributed by atoms with E-state index in [1.54, 1.807) is 11.3 Å². The van der Waals surface area contributed by atoms with E-state index in [0.717, 1.165) is 20.5 Å². The predicted octanol–water partition coefficient (Wildman–Crippen LogP) is 3.73. The number of benzene rings is 1. The van der Waals surface area contributed by atoms with Crippen molar-refractivity contribution in [1.29, 1.82) is 0 Å². The largest absolute Gasteiger partial charge is 0.296 e. The van der Waals surface area contributed by atoms with Crippen molar-refractivity contribution < 1.29 is 9.59 Å². The molecule has 1 N–H and O–H groups in total. The number of aryl methyl sites for hydroxylation is 1. The molecule has 1 aliphatic rings. The Kier molecular flexibility index (Phi) is 3.95. The summed E-state index contributed by atoms with van der Waals surface area (Å²) in [4.78, 5) is 25.3. The molecule has 2 amide bonds. The standard InChI is InChI=1S/C16H14BrNO2S/c1-9-6-7-21-15(9)12-8-13(19)18-16(20)14(12)10-2-4-11(17)5-3-10/h2-7,12,14H,8H2,1H3,(H,18,19,20). The maximum Gasteiger partial charge on any atom is 0.234 e. The third-order valence-electron chi connectivity index (χ3n) is 3.82. The first-order chi connectivity index (χ1) is 10.1. The van der Waals surface area contributed by atoms with Gasteiger partial charge in [-0.3, -0.25) is 14.9 Å². The topological polar surface area (TPSA) is 46.2 Å². The van der Waals surface area contributed by atoms with Crippen molar-refractivity contribution in [1.82, 2.24) is 5.32 Å². The highest BCUT2D eigenvalue weighted by Crippen LogP contribution is 2.41. The number of piperidine rings is 1. The molecule has 0 bridgehead atoms. The zero-order valence-electron chi connectivity index (χ0n) is 11.4. The van der Waals surface area contributed by atoms with Crippen LogP contribution in [0.2, 0.25) is 0 Å². The molecule has 0 saturated carbocycles. The summed E-state index contributed by atoms with van der Waals surface area (Å²) in [6.45, 7) is 2.03. The van der Waals surface area contributed by atoms with Crippen LogP contribution >= 0.6 is 27.3 Å². The first-order valence-corrected chi connectivity index (χ1v) is 8.36. The normalized spacial score (nSPS) is 22.2. The molecule has 3 rings (SSSR count). The van der Waals surface area contributed by atoms with Gasteiger partial charge in [-0.15, -0.1) is 11.3 Å². The van der Waals surface area contributed by atoms with Gasteiger partial charge >= 0.3 is 0 Å². The highest BCUT2D eigenvalue weighted by atomic mass is 79.9. The van der Waals surface area contributed by atoms with E-state index in [2.05, 4.69) is 21.2 Å². The fourth-order valence-electron chi connectivity index (χ4n) is 2.83. The number of hydrogen-bond acceptors (Lipinski definition) is 3. The van der Waals surface area contributed by atoms with Crippen LogP contribution in [0.25, 0.3) is 0 Å². The number of halogens is 1. The summed E-state index contributed by atoms with van der Waals surface area (Å²) in [5.41, 5.74) is 2.09. The second-order valence-electron chi connectivity index (χ2n) is 5.22. The fraction of sp³-hybridized carbons (Fsp3) is 0.250. The summed E-state index contributed by atoms with van der Waals surface area (Å²) in [6.07, 6.45) is 0.355. The fourth-order valence-corrected chi connectivity index (χ4v) is 4.16. The molecule has 108 valence electrons. The smallest absolute Gasteiger partial charge is 0.234 e. The van der Waals surface area contributed by atoms with E-state index in [-0.39, 0.29) is 23.7 Å². The van der Waals surface area contributed by atoms with Gasteiger partial charge < -0.3 is 0 Å². The molecule has 2 unspecified atom stereocenters. The van der Waals surface area contributed by atoms with Crippen LogP contribution in [0.3, 0.4) is 0 Å². The Balaban J connectivity index is 2.05. The highest BCUT2D eigenvalue weighted by molar-refractivity contribution is 9.10. The molecule has 0 aliphatic carbocycles. The molecule has 1 aromatic carbocycles. The summed E-state index contributed by atoms with van der Waals surface area (Å²) in [7, 11) is 0. The van der Waals surface area contributed by atoms with Crippen LogP contribution < -0.4 is 5.32 Å². The predicted molar refractivity (Wildman–Crippen MR) is 86.4 cm³/mol. The van der Waals surface area contributed by atoms with Gasteiger partial charge in [-0.2, -0.15) is 0 Å². The molecule has 1 aromatic heterocycles. The molecule has 0 spiro atoms. The van der Waals surface area contributed by atoms with Crippen LogP contribution in [0.1, 0.15) is 34.3 Å². The Labute approximate surface area is 135 Å². The van der Waals surface area contributed by atoms with Crippen molar-refractivity contribution in [3.05, 3.63) is 56.2 Å². The van der Waals surface area contributed by atoms with E-state index in [9.17, 15) is 9.59 Å². The zero-order chi connectivity index (χ0) is 15.0. The minimum atomic E-state index is -0.312. The van der Waals surface area contributed by atoms with Crippen molar-refractivity contribution in [2.75, 3.05) is 0 Å². The summed E-state index contributed by atoms with van der Waals surface area (Å²) in [6, 6.07) is 9.78. The summed E-state index contributed by atoms with van der Waals surface area (Å²) in [5, 5.41) is 4.48. The molecule has 5 heteroatoms. The minimum absolute atomic E-state index is 0.0765. The van der Waals surface area contributed by atoms with Gasteiger partial charge in [-0.05, 0) is 41.6 Å². The Bertz CT molecular complexity index is 693. The molecule has 1 fully saturated rings. The number of carbonyl (C=O) groups is 2. The average Bonchev–Trinajstić information content (AvgIpc) is 2.85. The van der Waals surface area contributed by atoms with Crippen molar-refractivity contribution >= 4 is 39.1 Å². The van der Waals surface area contributed by atoms with E-state index in [0.29, 0.717) is 6.42 Å². The molecular weight excluding hydrogens is 350 g/mol. The van der Waals surface area contributed by atoms with Gasteiger partial charge in [0.1, 0.15) is 0 Å². The Hall–Kier alpha value is -1.46. The number of nitrogens with one attached hydrogen (secondary N) is 1. The van der Waals surface area contributed by atoms with Crippen LogP contribution in [-0.4, -0.2) is 11.8 Å². The first-order valence-electron chi connectivity index (χ1n) is 6.69. The number of carbonyl (C=O) groups excluding carboxylic acids is 2. The van der Waals surface area contributed by atoms with Crippen LogP contribution in [0, 0.1) is 6.92 Å². The summed E-state index contributed by atoms with van der Waals surface area (Å²) >= 11 is 5.03. The molecule has 2 atom stereocenters. The van der Waals surface area contributed by atoms with Crippen molar-refractivity contribution in [2.45, 2.75) is 25.2 Å². The maximum absolute atomic E-state index is 12.4. The number of thiophene rings is 1. The quantitative estimate of drug-likeness (QED) is 0.826. The van der Waals surface area contributed by atoms with Gasteiger partial charge in [0.05, 0.1) is 5.92 Å². The third-order valence-corrected chi connectivity index (χ3v) is 5.50. The van der Waals surface area contributed by atoms with Crippen LogP contribution in [0.4, 0.5) is 0 Å². The number of rotatable bonds is 2. The van der Waals surface area contributed by atoms with E-state index >= 15 is 0 Å². The second-order valence-corrected chi connectivity index (χ2v) is 7.08. The summed E-state index contributed by atoms with van der Waals surface area (Å²) < 4.78 is 0.974. The summed E-state index contributed by atoms with van der Waals surface area (Å²) in [5.74, 6) is -0.780. The highest BCUT2D eigenvalue weighted by Gasteiger charge is 2.38. The molecule has 2 aromatic rings. The second kappa shape index (κ2) is 5.73. The minimum Gasteiger partial charge on any atom is -0.296 e. The Morgan fingerprint density at radius 1 is 1.19 bits per heavy atom. The SMILES string of the molecule is Cc1ccsc1C1CC(=O)NC(=O)C1c1ccc(Br)cc1. The van der Waals surface area contributed by atoms with E-state index in [1.807, 2.05) is 42.6 Å². The van der Waals surface area contributed by atoms with Gasteiger partial charge in [0.25, 0.3) is 0 Å². The van der Waals surface area contributed by atoms with E-state index < -0.39 is 0 Å². The van der Waals surface area contributed by atoms with Gasteiger partial charge in [0.2, 0.25) is 11.8 Å². The molecular formula is C16H14BrNO2S. The van der Waals surface area contributed by atoms with Crippen molar-refractivity contribution in [3.63, 3.8) is 0 Å². The van der Waals surface area contributed by atoms with Crippen LogP contribution in [0.15, 0.2) is 40.2 Å². The van der Waals surface area contributed by atoms with E-state index in [4.69, 9.17) is 0 Å². The molecule has 3 nitrogen and oxygen atoms in total. The van der Waals surface area contributed by atoms with Crippen LogP contribution in [-0.2, 0) is 9.59 Å². The molecule has 1 aliphatic heterocycles. The zero-order valence-corrected chi connectivity index (χ0v) is 13.8. The molecule has 0 radical (unpaired) electrons. The first kappa shape index (κ1) is 14.5. The lowest BCUT2D eigenvalue weighted by molar-refractivity contribution is -0.135. The van der Waals surface area contributed by atoms with Crippen LogP contribution in [0.5, 0.6) is 0 Å². The molecule has 21 heavy (non-hydrogen) atoms. The lowest BCUT2D eigenvalue weighted by Gasteiger charge is -2.30. The number of imide groups is 1. The van der Waals surface area contributed by atoms with Crippen molar-refractivity contribution in [3.8, 4) is 0 Å². The average molecular weight is 364 g/mol. The molecule has 2 heterocycles. The van der Waals surface area contributed by atoms with Gasteiger partial charge in [-0.25, -0.2) is 0 Å². The lowest BCUT2D eigenvalue weighted by atomic mass is 9.79. The van der Waals surface area contributed by atoms with E-state index in [1.165, 1.54) is 0 Å². The Morgan fingerprint density at radius 3 is 2.52 bits per heavy atom. The van der Waals surface area contributed by atoms with Gasteiger partial charge in [0, 0.05) is 21.7 Å². The Morgan fingerprint density at radius 2 is 1.90 bits per heavy atom. The lowest BCUT2D eigenvalue weighted by Crippen LogP contribution is -2.43. The molecule has 1 saturated heterocycles. The number of hydrogen-bond donors (Lipinski definition) is 1. The maximum atomic E-state index is 12.4. The number of amides is 2. The third kappa shape index (κ3) is 2.80. The van der Waals surface area contributed by atoms with Gasteiger partial charge in [0.15, 0.2) is 0 Å². The van der Waals surface area contributed by atoms with Crippen molar-refractivity contribution in [2.24, 2.45) is 0 Å². The monoisotopic (exact) mass is 363 g/mol. The van der Waals surface area contributed by atoms with Gasteiger partial charge in [-0.1, -0.05) is 28.1 Å².